The molecule has 0 unspecified atom stereocenters. The average Bonchev–Trinajstić information content (AvgIpc) is 3.38. The fourth-order valence-corrected chi connectivity index (χ4v) is 3.50. The number of hydrogen-bond donors (Lipinski definition) is 1. The number of hydrogen-bond acceptors (Lipinski definition) is 6. The monoisotopic (exact) mass is 374 g/mol. The van der Waals surface area contributed by atoms with Crippen LogP contribution in [0.1, 0.15) is 0 Å². The molecule has 4 aromatic rings. The zero-order valence-electron chi connectivity index (χ0n) is 15.7. The van der Waals surface area contributed by atoms with Gasteiger partial charge in [0.25, 0.3) is 0 Å². The molecule has 5 rings (SSSR count). The van der Waals surface area contributed by atoms with Crippen molar-refractivity contribution in [1.82, 2.24) is 29.3 Å². The lowest BCUT2D eigenvalue weighted by Gasteiger charge is -2.34. The van der Waals surface area contributed by atoms with Gasteiger partial charge in [0, 0.05) is 49.9 Å². The van der Waals surface area contributed by atoms with Crippen LogP contribution in [0, 0.1) is 0 Å². The van der Waals surface area contributed by atoms with Crippen molar-refractivity contribution in [3.8, 4) is 5.82 Å². The molecule has 28 heavy (non-hydrogen) atoms. The van der Waals surface area contributed by atoms with Crippen molar-refractivity contribution in [1.29, 1.82) is 0 Å². The van der Waals surface area contributed by atoms with E-state index in [9.17, 15) is 0 Å². The number of fused-ring (bicyclic) bond motifs is 1. The van der Waals surface area contributed by atoms with Gasteiger partial charge in [-0.05, 0) is 43.4 Å². The van der Waals surface area contributed by atoms with Crippen LogP contribution in [0.3, 0.4) is 0 Å². The lowest BCUT2D eigenvalue weighted by Crippen LogP contribution is -2.44. The van der Waals surface area contributed by atoms with Crippen molar-refractivity contribution in [2.75, 3.05) is 43.4 Å². The van der Waals surface area contributed by atoms with Crippen molar-refractivity contribution < 1.29 is 0 Å². The molecule has 1 aliphatic rings. The van der Waals surface area contributed by atoms with Gasteiger partial charge in [-0.25, -0.2) is 14.2 Å². The highest BCUT2D eigenvalue weighted by molar-refractivity contribution is 5.63. The fourth-order valence-electron chi connectivity index (χ4n) is 3.50. The third-order valence-corrected chi connectivity index (χ3v) is 5.09. The minimum atomic E-state index is 0.549. The number of nitrogens with zero attached hydrogens (tertiary/aromatic N) is 7. The second-order valence-corrected chi connectivity index (χ2v) is 7.03. The predicted octanol–water partition coefficient (Wildman–Crippen LogP) is 2.41. The highest BCUT2D eigenvalue weighted by Gasteiger charge is 2.14. The molecule has 1 aliphatic heterocycles. The molecule has 0 aliphatic carbocycles. The summed E-state index contributed by atoms with van der Waals surface area (Å²) in [6.45, 7) is 4.25. The molecule has 0 amide bonds. The smallest absolute Gasteiger partial charge is 0.245 e. The molecule has 0 saturated carbocycles. The Kier molecular flexibility index (Phi) is 4.17. The second-order valence-electron chi connectivity index (χ2n) is 7.03. The molecule has 3 aromatic heterocycles. The lowest BCUT2D eigenvalue weighted by molar-refractivity contribution is 0.313. The first-order valence-electron chi connectivity index (χ1n) is 9.42. The summed E-state index contributed by atoms with van der Waals surface area (Å²) < 4.78 is 3.63. The molecule has 1 saturated heterocycles. The van der Waals surface area contributed by atoms with Crippen LogP contribution >= 0.6 is 0 Å². The van der Waals surface area contributed by atoms with E-state index in [4.69, 9.17) is 0 Å². The molecule has 142 valence electrons. The number of rotatable bonds is 4. The molecule has 1 N–H and O–H groups in total. The summed E-state index contributed by atoms with van der Waals surface area (Å²) >= 11 is 0. The molecule has 0 spiro atoms. The predicted molar refractivity (Wildman–Crippen MR) is 110 cm³/mol. The normalized spacial score (nSPS) is 15.2. The van der Waals surface area contributed by atoms with Gasteiger partial charge in [0.2, 0.25) is 5.95 Å². The third kappa shape index (κ3) is 3.18. The Bertz CT molecular complexity index is 1080. The summed E-state index contributed by atoms with van der Waals surface area (Å²) in [5.41, 5.74) is 3.11. The third-order valence-electron chi connectivity index (χ3n) is 5.09. The zero-order chi connectivity index (χ0) is 18.9. The minimum Gasteiger partial charge on any atom is -0.369 e. The van der Waals surface area contributed by atoms with Gasteiger partial charge < -0.3 is 15.1 Å². The van der Waals surface area contributed by atoms with Gasteiger partial charge >= 0.3 is 0 Å². The molecule has 8 nitrogen and oxygen atoms in total. The van der Waals surface area contributed by atoms with E-state index in [0.29, 0.717) is 5.95 Å². The first kappa shape index (κ1) is 16.8. The van der Waals surface area contributed by atoms with Crippen molar-refractivity contribution in [2.45, 2.75) is 0 Å². The van der Waals surface area contributed by atoms with Crippen LogP contribution in [0.25, 0.3) is 11.3 Å². The first-order valence-corrected chi connectivity index (χ1v) is 9.42. The quantitative estimate of drug-likeness (QED) is 0.592. The Morgan fingerprint density at radius 1 is 1.00 bits per heavy atom. The summed E-state index contributed by atoms with van der Waals surface area (Å²) in [4.78, 5) is 9.23. The Labute approximate surface area is 163 Å². The van der Waals surface area contributed by atoms with Gasteiger partial charge in [0.1, 0.15) is 0 Å². The Balaban J connectivity index is 1.41. The van der Waals surface area contributed by atoms with E-state index in [2.05, 4.69) is 55.5 Å². The molecule has 1 aromatic carbocycles. The van der Waals surface area contributed by atoms with Crippen LogP contribution in [0.15, 0.2) is 61.1 Å². The van der Waals surface area contributed by atoms with Crippen LogP contribution in [-0.2, 0) is 0 Å². The van der Waals surface area contributed by atoms with E-state index in [1.165, 1.54) is 5.69 Å². The first-order chi connectivity index (χ1) is 13.8. The topological polar surface area (TPSA) is 66.5 Å². The number of benzene rings is 1. The summed E-state index contributed by atoms with van der Waals surface area (Å²) in [5, 5.41) is 12.3. The van der Waals surface area contributed by atoms with E-state index in [1.807, 2.05) is 41.2 Å². The molecule has 0 radical (unpaired) electrons. The maximum atomic E-state index is 4.65. The highest BCUT2D eigenvalue weighted by atomic mass is 15.4. The Morgan fingerprint density at radius 2 is 1.89 bits per heavy atom. The molecule has 0 atom stereocenters. The molecule has 8 heteroatoms. The van der Waals surface area contributed by atoms with Gasteiger partial charge in [-0.3, -0.25) is 0 Å². The summed E-state index contributed by atoms with van der Waals surface area (Å²) in [6, 6.07) is 14.3. The summed E-state index contributed by atoms with van der Waals surface area (Å²) in [7, 11) is 2.17. The molecule has 4 heterocycles. The number of likely N-dealkylation sites (N-methyl/N-ethyl adjacent to an activating group) is 1. The second kappa shape index (κ2) is 6.97. The van der Waals surface area contributed by atoms with Crippen molar-refractivity contribution in [2.24, 2.45) is 0 Å². The van der Waals surface area contributed by atoms with Crippen LogP contribution in [0.2, 0.25) is 0 Å². The van der Waals surface area contributed by atoms with E-state index < -0.39 is 0 Å². The van der Waals surface area contributed by atoms with Gasteiger partial charge in [-0.2, -0.15) is 5.10 Å². The van der Waals surface area contributed by atoms with E-state index in [1.54, 1.807) is 10.9 Å². The van der Waals surface area contributed by atoms with Crippen molar-refractivity contribution in [3.05, 3.63) is 61.1 Å². The molecule has 1 fully saturated rings. The van der Waals surface area contributed by atoms with E-state index in [-0.39, 0.29) is 0 Å². The standard InChI is InChI=1S/C20H22N8/c1-25-10-12-26(13-11-25)17-5-2-4-16(14-17)23-20-21-15-18-6-7-19(28(18)24-20)27-9-3-8-22-27/h2-9,14-15H,10-13H2,1H3,(H,23,24). The van der Waals surface area contributed by atoms with Crippen LogP contribution < -0.4 is 10.2 Å². The fraction of sp³-hybridized carbons (Fsp3) is 0.250. The van der Waals surface area contributed by atoms with Gasteiger partial charge in [-0.1, -0.05) is 6.07 Å². The van der Waals surface area contributed by atoms with Crippen LogP contribution in [0.4, 0.5) is 17.3 Å². The van der Waals surface area contributed by atoms with Crippen molar-refractivity contribution in [3.63, 3.8) is 0 Å². The Morgan fingerprint density at radius 3 is 2.71 bits per heavy atom. The van der Waals surface area contributed by atoms with E-state index in [0.717, 1.165) is 43.2 Å². The van der Waals surface area contributed by atoms with Gasteiger partial charge in [-0.15, -0.1) is 5.10 Å². The molecule has 0 bridgehead atoms. The van der Waals surface area contributed by atoms with Gasteiger partial charge in [0.05, 0.1) is 11.7 Å². The SMILES string of the molecule is CN1CCN(c2cccc(Nc3ncc4ccc(-n5cccn5)n4n3)c2)CC1. The van der Waals surface area contributed by atoms with E-state index >= 15 is 0 Å². The zero-order valence-corrected chi connectivity index (χ0v) is 15.7. The Hall–Kier alpha value is -3.39. The maximum Gasteiger partial charge on any atom is 0.245 e. The summed E-state index contributed by atoms with van der Waals surface area (Å²) in [6.07, 6.45) is 5.47. The number of anilines is 3. The highest BCUT2D eigenvalue weighted by Crippen LogP contribution is 2.23. The number of aromatic nitrogens is 5. The van der Waals surface area contributed by atoms with Crippen molar-refractivity contribution >= 4 is 22.8 Å². The summed E-state index contributed by atoms with van der Waals surface area (Å²) in [5.74, 6) is 1.42. The van der Waals surface area contributed by atoms with Crippen LogP contribution in [0.5, 0.6) is 0 Å². The number of piperazine rings is 1. The molecular formula is C20H22N8. The lowest BCUT2D eigenvalue weighted by atomic mass is 10.2. The largest absolute Gasteiger partial charge is 0.369 e. The maximum absolute atomic E-state index is 4.65. The molecular weight excluding hydrogens is 352 g/mol. The number of nitrogens with one attached hydrogen (secondary N) is 1. The van der Waals surface area contributed by atoms with Gasteiger partial charge in [0.15, 0.2) is 5.82 Å². The van der Waals surface area contributed by atoms with Crippen LogP contribution in [-0.4, -0.2) is 62.5 Å². The minimum absolute atomic E-state index is 0.549. The average molecular weight is 374 g/mol.